The fourth-order valence-electron chi connectivity index (χ4n) is 3.11. The maximum Gasteiger partial charge on any atom is 0.251 e. The predicted octanol–water partition coefficient (Wildman–Crippen LogP) is 1.76. The van der Waals surface area contributed by atoms with E-state index in [1.54, 1.807) is 25.2 Å². The first-order valence-electron chi connectivity index (χ1n) is 9.11. The van der Waals surface area contributed by atoms with Gasteiger partial charge in [0, 0.05) is 37.8 Å². The molecule has 0 unspecified atom stereocenters. The van der Waals surface area contributed by atoms with Crippen LogP contribution in [0, 0.1) is 0 Å². The molecule has 7 nitrogen and oxygen atoms in total. The lowest BCUT2D eigenvalue weighted by Crippen LogP contribution is -2.28. The maximum atomic E-state index is 12.5. The van der Waals surface area contributed by atoms with E-state index in [-0.39, 0.29) is 23.3 Å². The van der Waals surface area contributed by atoms with Crippen LogP contribution in [-0.4, -0.2) is 44.7 Å². The lowest BCUT2D eigenvalue weighted by Gasteiger charge is -2.15. The van der Waals surface area contributed by atoms with Gasteiger partial charge in [-0.3, -0.25) is 9.59 Å². The number of benzene rings is 2. The highest BCUT2D eigenvalue weighted by atomic mass is 32.2. The van der Waals surface area contributed by atoms with E-state index in [0.29, 0.717) is 24.2 Å². The van der Waals surface area contributed by atoms with E-state index >= 15 is 0 Å². The molecule has 2 amide bonds. The Morgan fingerprint density at radius 3 is 2.29 bits per heavy atom. The molecule has 0 bridgehead atoms. The summed E-state index contributed by atoms with van der Waals surface area (Å²) in [6.07, 6.45) is 1.75. The Labute approximate surface area is 164 Å². The van der Waals surface area contributed by atoms with Gasteiger partial charge in [0.1, 0.15) is 0 Å². The lowest BCUT2D eigenvalue weighted by atomic mass is 10.1. The van der Waals surface area contributed by atoms with Crippen LogP contribution < -0.4 is 10.6 Å². The van der Waals surface area contributed by atoms with Gasteiger partial charge in [-0.05, 0) is 54.8 Å². The monoisotopic (exact) mass is 401 g/mol. The summed E-state index contributed by atoms with van der Waals surface area (Å²) in [5, 5.41) is 5.34. The van der Waals surface area contributed by atoms with Gasteiger partial charge in [-0.2, -0.15) is 4.31 Å². The molecule has 2 N–H and O–H groups in total. The highest BCUT2D eigenvalue weighted by Gasteiger charge is 2.27. The van der Waals surface area contributed by atoms with Gasteiger partial charge in [-0.25, -0.2) is 8.42 Å². The zero-order valence-electron chi connectivity index (χ0n) is 15.6. The first-order chi connectivity index (χ1) is 13.4. The number of carbonyl (C=O) groups is 2. The largest absolute Gasteiger partial charge is 0.355 e. The summed E-state index contributed by atoms with van der Waals surface area (Å²) in [6, 6.07) is 12.9. The van der Waals surface area contributed by atoms with Gasteiger partial charge >= 0.3 is 0 Å². The van der Waals surface area contributed by atoms with Crippen molar-refractivity contribution in [1.29, 1.82) is 0 Å². The van der Waals surface area contributed by atoms with Crippen molar-refractivity contribution in [3.63, 3.8) is 0 Å². The van der Waals surface area contributed by atoms with Crippen LogP contribution in [0.25, 0.3) is 0 Å². The van der Waals surface area contributed by atoms with E-state index in [1.807, 2.05) is 6.07 Å². The zero-order valence-corrected chi connectivity index (χ0v) is 16.5. The smallest absolute Gasteiger partial charge is 0.251 e. The third-order valence-corrected chi connectivity index (χ3v) is 6.60. The molecule has 2 aromatic carbocycles. The molecule has 0 aliphatic carbocycles. The van der Waals surface area contributed by atoms with Gasteiger partial charge < -0.3 is 10.6 Å². The summed E-state index contributed by atoms with van der Waals surface area (Å²) in [4.78, 5) is 24.2. The van der Waals surface area contributed by atoms with Crippen LogP contribution in [0.3, 0.4) is 0 Å². The number of amides is 2. The number of nitrogens with zero attached hydrogens (tertiary/aromatic N) is 1. The summed E-state index contributed by atoms with van der Waals surface area (Å²) < 4.78 is 26.5. The van der Waals surface area contributed by atoms with Gasteiger partial charge in [-0.1, -0.05) is 12.1 Å². The molecule has 2 aromatic rings. The van der Waals surface area contributed by atoms with E-state index in [9.17, 15) is 18.0 Å². The Kier molecular flexibility index (Phi) is 6.11. The van der Waals surface area contributed by atoms with Crippen LogP contribution in [0.5, 0.6) is 0 Å². The molecule has 8 heteroatoms. The van der Waals surface area contributed by atoms with E-state index in [1.165, 1.54) is 28.6 Å². The van der Waals surface area contributed by atoms with Gasteiger partial charge in [0.15, 0.2) is 0 Å². The molecule has 28 heavy (non-hydrogen) atoms. The van der Waals surface area contributed by atoms with Crippen LogP contribution >= 0.6 is 0 Å². The fourth-order valence-corrected chi connectivity index (χ4v) is 4.62. The Morgan fingerprint density at radius 1 is 0.964 bits per heavy atom. The quantitative estimate of drug-likeness (QED) is 0.771. The van der Waals surface area contributed by atoms with Crippen molar-refractivity contribution in [1.82, 2.24) is 14.9 Å². The molecule has 1 heterocycles. The summed E-state index contributed by atoms with van der Waals surface area (Å²) in [5.41, 5.74) is 1.69. The maximum absolute atomic E-state index is 12.5. The molecular formula is C20H23N3O4S. The van der Waals surface area contributed by atoms with Crippen molar-refractivity contribution in [2.75, 3.05) is 20.1 Å². The van der Waals surface area contributed by atoms with Crippen molar-refractivity contribution in [3.8, 4) is 0 Å². The Bertz CT molecular complexity index is 965. The van der Waals surface area contributed by atoms with Crippen molar-refractivity contribution in [3.05, 3.63) is 65.2 Å². The molecule has 0 saturated carbocycles. The standard InChI is InChI=1S/C20H23N3O4S/c1-21-19(24)17-6-4-5-15(13-17)14-22-20(25)16-7-9-18(10-8-16)28(26,27)23-11-2-3-12-23/h4-10,13H,2-3,11-12,14H2,1H3,(H,21,24)(H,22,25). The average Bonchev–Trinajstić information content (AvgIpc) is 3.27. The molecule has 1 aliphatic rings. The van der Waals surface area contributed by atoms with E-state index in [4.69, 9.17) is 0 Å². The van der Waals surface area contributed by atoms with Gasteiger partial charge in [0.2, 0.25) is 10.0 Å². The van der Waals surface area contributed by atoms with Gasteiger partial charge in [-0.15, -0.1) is 0 Å². The van der Waals surface area contributed by atoms with Crippen LogP contribution in [0.2, 0.25) is 0 Å². The predicted molar refractivity (Wildman–Crippen MR) is 105 cm³/mol. The summed E-state index contributed by atoms with van der Waals surface area (Å²) in [5.74, 6) is -0.501. The van der Waals surface area contributed by atoms with Crippen LogP contribution in [0.4, 0.5) is 0 Å². The van der Waals surface area contributed by atoms with Gasteiger partial charge in [0.05, 0.1) is 4.90 Å². The molecule has 1 fully saturated rings. The van der Waals surface area contributed by atoms with Crippen molar-refractivity contribution >= 4 is 21.8 Å². The molecule has 1 saturated heterocycles. The highest BCUT2D eigenvalue weighted by Crippen LogP contribution is 2.21. The molecule has 0 aromatic heterocycles. The number of nitrogens with one attached hydrogen (secondary N) is 2. The molecule has 1 aliphatic heterocycles. The van der Waals surface area contributed by atoms with Crippen molar-refractivity contribution in [2.45, 2.75) is 24.3 Å². The van der Waals surface area contributed by atoms with Crippen LogP contribution in [0.15, 0.2) is 53.4 Å². The topological polar surface area (TPSA) is 95.6 Å². The lowest BCUT2D eigenvalue weighted by molar-refractivity contribution is 0.0948. The third-order valence-electron chi connectivity index (χ3n) is 4.69. The minimum atomic E-state index is -3.49. The summed E-state index contributed by atoms with van der Waals surface area (Å²) >= 11 is 0. The molecule has 148 valence electrons. The third kappa shape index (κ3) is 4.40. The normalized spacial score (nSPS) is 14.6. The number of hydrogen-bond acceptors (Lipinski definition) is 4. The minimum Gasteiger partial charge on any atom is -0.355 e. The highest BCUT2D eigenvalue weighted by molar-refractivity contribution is 7.89. The zero-order chi connectivity index (χ0) is 20.1. The van der Waals surface area contributed by atoms with Gasteiger partial charge in [0.25, 0.3) is 11.8 Å². The summed E-state index contributed by atoms with van der Waals surface area (Å²) in [6.45, 7) is 1.34. The average molecular weight is 401 g/mol. The Morgan fingerprint density at radius 2 is 1.64 bits per heavy atom. The first kappa shape index (κ1) is 20.0. The van der Waals surface area contributed by atoms with Crippen molar-refractivity contribution < 1.29 is 18.0 Å². The minimum absolute atomic E-state index is 0.192. The second-order valence-electron chi connectivity index (χ2n) is 6.60. The SMILES string of the molecule is CNC(=O)c1cccc(CNC(=O)c2ccc(S(=O)(=O)N3CCCC3)cc2)c1. The second-order valence-corrected chi connectivity index (χ2v) is 8.54. The number of sulfonamides is 1. The first-order valence-corrected chi connectivity index (χ1v) is 10.6. The molecule has 3 rings (SSSR count). The van der Waals surface area contributed by atoms with E-state index in [0.717, 1.165) is 18.4 Å². The van der Waals surface area contributed by atoms with E-state index < -0.39 is 10.0 Å². The Hall–Kier alpha value is -2.71. The fraction of sp³-hybridized carbons (Fsp3) is 0.300. The molecule has 0 radical (unpaired) electrons. The van der Waals surface area contributed by atoms with E-state index in [2.05, 4.69) is 10.6 Å². The molecule has 0 spiro atoms. The summed E-state index contributed by atoms with van der Waals surface area (Å²) in [7, 11) is -1.93. The number of carbonyl (C=O) groups excluding carboxylic acids is 2. The second kappa shape index (κ2) is 8.53. The number of hydrogen-bond donors (Lipinski definition) is 2. The van der Waals surface area contributed by atoms with Crippen LogP contribution in [-0.2, 0) is 16.6 Å². The van der Waals surface area contributed by atoms with Crippen LogP contribution in [0.1, 0.15) is 39.1 Å². The molecular weight excluding hydrogens is 378 g/mol. The Balaban J connectivity index is 1.64. The van der Waals surface area contributed by atoms with Crippen molar-refractivity contribution in [2.24, 2.45) is 0 Å². The molecule has 0 atom stereocenters. The number of rotatable bonds is 6.